The van der Waals surface area contributed by atoms with E-state index in [1.165, 1.54) is 24.4 Å². The second kappa shape index (κ2) is 7.29. The molecule has 7 heteroatoms. The number of hydrogen-bond donors (Lipinski definition) is 0. The Balaban J connectivity index is 1.45. The molecule has 0 unspecified atom stereocenters. The highest BCUT2D eigenvalue weighted by Gasteiger charge is 2.45. The quantitative estimate of drug-likeness (QED) is 0.825. The molecule has 1 amide bonds. The maximum atomic E-state index is 13.1. The molecule has 1 aromatic heterocycles. The first kappa shape index (κ1) is 17.4. The van der Waals surface area contributed by atoms with Gasteiger partial charge in [0.2, 0.25) is 0 Å². The number of nitrogens with zero attached hydrogens (tertiary/aromatic N) is 4. The molecule has 3 aliphatic rings. The smallest absolute Gasteiger partial charge is 0.267 e. The fraction of sp³-hybridized carbons (Fsp3) is 0.833. The van der Waals surface area contributed by atoms with Crippen molar-refractivity contribution >= 4 is 17.4 Å². The number of aryl methyl sites for hydroxylation is 1. The second-order valence-corrected chi connectivity index (χ2v) is 8.52. The lowest BCUT2D eigenvalue weighted by Gasteiger charge is -2.38. The monoisotopic (exact) mass is 364 g/mol. The van der Waals surface area contributed by atoms with Crippen LogP contribution in [-0.2, 0) is 4.74 Å². The first-order valence-corrected chi connectivity index (χ1v) is 10.4. The minimum atomic E-state index is 0.0405. The number of aromatic nitrogens is 2. The van der Waals surface area contributed by atoms with Gasteiger partial charge >= 0.3 is 0 Å². The molecule has 1 spiro atoms. The van der Waals surface area contributed by atoms with Crippen molar-refractivity contribution in [1.29, 1.82) is 0 Å². The Morgan fingerprint density at radius 3 is 2.80 bits per heavy atom. The van der Waals surface area contributed by atoms with Crippen LogP contribution in [-0.4, -0.2) is 69.7 Å². The first-order chi connectivity index (χ1) is 12.2. The van der Waals surface area contributed by atoms with Gasteiger partial charge in [0.05, 0.1) is 11.8 Å². The molecule has 0 saturated carbocycles. The minimum Gasteiger partial charge on any atom is -0.377 e. The van der Waals surface area contributed by atoms with Gasteiger partial charge in [-0.05, 0) is 69.9 Å². The number of hydrogen-bond acceptors (Lipinski definition) is 6. The van der Waals surface area contributed by atoms with Crippen LogP contribution in [0.15, 0.2) is 0 Å². The molecule has 6 nitrogen and oxygen atoms in total. The highest BCUT2D eigenvalue weighted by molar-refractivity contribution is 7.07. The second-order valence-electron chi connectivity index (χ2n) is 7.76. The van der Waals surface area contributed by atoms with E-state index in [0.717, 1.165) is 75.5 Å². The van der Waals surface area contributed by atoms with E-state index in [1.54, 1.807) is 0 Å². The Morgan fingerprint density at radius 2 is 2.08 bits per heavy atom. The van der Waals surface area contributed by atoms with E-state index in [1.807, 2.05) is 6.92 Å². The summed E-state index contributed by atoms with van der Waals surface area (Å²) in [5.74, 6) is 0.151. The van der Waals surface area contributed by atoms with Gasteiger partial charge in [-0.3, -0.25) is 4.79 Å². The molecule has 4 rings (SSSR count). The molecular formula is C18H28N4O2S. The summed E-state index contributed by atoms with van der Waals surface area (Å²) < 4.78 is 9.77. The van der Waals surface area contributed by atoms with E-state index in [2.05, 4.69) is 19.4 Å². The van der Waals surface area contributed by atoms with E-state index in [9.17, 15) is 4.79 Å². The van der Waals surface area contributed by atoms with Gasteiger partial charge in [0.1, 0.15) is 4.88 Å². The van der Waals surface area contributed by atoms with E-state index < -0.39 is 0 Å². The summed E-state index contributed by atoms with van der Waals surface area (Å²) in [5, 5.41) is 4.03. The molecule has 0 radical (unpaired) electrons. The Labute approximate surface area is 153 Å². The Hall–Kier alpha value is -1.05. The Morgan fingerprint density at radius 1 is 1.24 bits per heavy atom. The summed E-state index contributed by atoms with van der Waals surface area (Å²) in [6, 6.07) is 0. The first-order valence-electron chi connectivity index (χ1n) is 9.63. The SMILES string of the molecule is Cc1nnsc1C(=O)N1CCC[C@@]12CCCN(C[C@H]1CCCO1)CC2. The molecule has 25 heavy (non-hydrogen) atoms. The molecular weight excluding hydrogens is 336 g/mol. The van der Waals surface area contributed by atoms with Gasteiger partial charge in [-0.1, -0.05) is 4.49 Å². The van der Waals surface area contributed by atoms with E-state index >= 15 is 0 Å². The third kappa shape index (κ3) is 3.46. The van der Waals surface area contributed by atoms with Crippen LogP contribution >= 0.6 is 11.5 Å². The van der Waals surface area contributed by atoms with Gasteiger partial charge in [-0.25, -0.2) is 0 Å². The van der Waals surface area contributed by atoms with Crippen molar-refractivity contribution in [2.75, 3.05) is 32.8 Å². The zero-order valence-electron chi connectivity index (χ0n) is 15.1. The van der Waals surface area contributed by atoms with Crippen LogP contribution in [0.3, 0.4) is 0 Å². The Bertz CT molecular complexity index is 616. The van der Waals surface area contributed by atoms with Crippen LogP contribution in [0.1, 0.15) is 60.3 Å². The van der Waals surface area contributed by atoms with Crippen molar-refractivity contribution in [3.8, 4) is 0 Å². The average molecular weight is 365 g/mol. The molecule has 138 valence electrons. The lowest BCUT2D eigenvalue weighted by atomic mass is 9.87. The molecule has 1 aromatic rings. The number of likely N-dealkylation sites (tertiary alicyclic amines) is 2. The van der Waals surface area contributed by atoms with Gasteiger partial charge in [-0.15, -0.1) is 5.10 Å². The standard InChI is InChI=1S/C18H28N4O2S/c1-14-16(25-20-19-14)17(23)22-10-4-7-18(22)6-3-9-21(11-8-18)13-15-5-2-12-24-15/h15H,2-13H2,1H3/t15-,18-/m1/s1. The maximum absolute atomic E-state index is 13.1. The number of carbonyl (C=O) groups is 1. The molecule has 0 aliphatic carbocycles. The van der Waals surface area contributed by atoms with Crippen LogP contribution < -0.4 is 0 Å². The van der Waals surface area contributed by atoms with Crippen molar-refractivity contribution in [3.63, 3.8) is 0 Å². The zero-order valence-corrected chi connectivity index (χ0v) is 15.9. The third-order valence-corrected chi connectivity index (χ3v) is 7.00. The molecule has 3 aliphatic heterocycles. The molecule has 2 atom stereocenters. The zero-order chi connectivity index (χ0) is 17.3. The number of carbonyl (C=O) groups excluding carboxylic acids is 1. The number of ether oxygens (including phenoxy) is 1. The van der Waals surface area contributed by atoms with Crippen LogP contribution in [0.5, 0.6) is 0 Å². The molecule has 3 fully saturated rings. The Kier molecular flexibility index (Phi) is 5.06. The van der Waals surface area contributed by atoms with Crippen LogP contribution in [0.4, 0.5) is 0 Å². The normalized spacial score (nSPS) is 30.9. The summed E-state index contributed by atoms with van der Waals surface area (Å²) >= 11 is 1.24. The highest BCUT2D eigenvalue weighted by atomic mass is 32.1. The van der Waals surface area contributed by atoms with Crippen molar-refractivity contribution in [2.45, 2.75) is 63.5 Å². The predicted molar refractivity (Wildman–Crippen MR) is 96.9 cm³/mol. The molecule has 4 heterocycles. The third-order valence-electron chi connectivity index (χ3n) is 6.18. The molecule has 0 bridgehead atoms. The summed E-state index contributed by atoms with van der Waals surface area (Å²) in [6.07, 6.45) is 8.43. The van der Waals surface area contributed by atoms with Crippen molar-refractivity contribution in [2.24, 2.45) is 0 Å². The van der Waals surface area contributed by atoms with Gasteiger partial charge < -0.3 is 14.5 Å². The number of amides is 1. The van der Waals surface area contributed by atoms with Crippen molar-refractivity contribution in [1.82, 2.24) is 19.4 Å². The van der Waals surface area contributed by atoms with Crippen LogP contribution in [0, 0.1) is 6.92 Å². The van der Waals surface area contributed by atoms with Gasteiger partial charge in [0.15, 0.2) is 0 Å². The lowest BCUT2D eigenvalue weighted by molar-refractivity contribution is 0.0539. The fourth-order valence-electron chi connectivity index (χ4n) is 4.82. The van der Waals surface area contributed by atoms with Crippen LogP contribution in [0.25, 0.3) is 0 Å². The van der Waals surface area contributed by atoms with Gasteiger partial charge in [-0.2, -0.15) is 0 Å². The summed E-state index contributed by atoms with van der Waals surface area (Å²) in [4.78, 5) is 18.5. The predicted octanol–water partition coefficient (Wildman–Crippen LogP) is 2.49. The maximum Gasteiger partial charge on any atom is 0.267 e. The van der Waals surface area contributed by atoms with Crippen molar-refractivity contribution in [3.05, 3.63) is 10.6 Å². The van der Waals surface area contributed by atoms with Gasteiger partial charge in [0.25, 0.3) is 5.91 Å². The number of rotatable bonds is 3. The van der Waals surface area contributed by atoms with E-state index in [4.69, 9.17) is 4.74 Å². The topological polar surface area (TPSA) is 58.6 Å². The van der Waals surface area contributed by atoms with E-state index in [-0.39, 0.29) is 11.4 Å². The van der Waals surface area contributed by atoms with Crippen LogP contribution in [0.2, 0.25) is 0 Å². The fourth-order valence-corrected chi connectivity index (χ4v) is 5.43. The highest BCUT2D eigenvalue weighted by Crippen LogP contribution is 2.40. The molecule has 3 saturated heterocycles. The molecule has 0 aromatic carbocycles. The van der Waals surface area contributed by atoms with Crippen molar-refractivity contribution < 1.29 is 9.53 Å². The van der Waals surface area contributed by atoms with E-state index in [0.29, 0.717) is 6.10 Å². The molecule has 0 N–H and O–H groups in total. The summed E-state index contributed by atoms with van der Waals surface area (Å²) in [6.45, 7) is 6.95. The summed E-state index contributed by atoms with van der Waals surface area (Å²) in [5.41, 5.74) is 0.810. The average Bonchev–Trinajstić information content (AvgIpc) is 3.30. The summed E-state index contributed by atoms with van der Waals surface area (Å²) in [7, 11) is 0. The largest absolute Gasteiger partial charge is 0.377 e. The lowest BCUT2D eigenvalue weighted by Crippen LogP contribution is -2.48. The van der Waals surface area contributed by atoms with Gasteiger partial charge in [0, 0.05) is 31.8 Å². The minimum absolute atomic E-state index is 0.0405.